The van der Waals surface area contributed by atoms with Gasteiger partial charge in [-0.05, 0) is 41.2 Å². The largest absolute Gasteiger partial charge is 0.381 e. The van der Waals surface area contributed by atoms with Gasteiger partial charge in [-0.25, -0.2) is 0 Å². The quantitative estimate of drug-likeness (QED) is 0.388. The molecule has 0 unspecified atom stereocenters. The number of hydrogen-bond acceptors (Lipinski definition) is 4. The molecule has 0 spiro atoms. The van der Waals surface area contributed by atoms with Crippen molar-refractivity contribution in [2.24, 2.45) is 4.99 Å². The van der Waals surface area contributed by atoms with Gasteiger partial charge in [0.1, 0.15) is 0 Å². The van der Waals surface area contributed by atoms with E-state index in [1.165, 1.54) is 22.3 Å². The van der Waals surface area contributed by atoms with Crippen LogP contribution in [0.15, 0.2) is 72.0 Å². The lowest BCUT2D eigenvalue weighted by Gasteiger charge is -2.22. The fourth-order valence-corrected chi connectivity index (χ4v) is 3.92. The van der Waals surface area contributed by atoms with Crippen LogP contribution in [0.4, 0.5) is 0 Å². The number of hydrogen-bond donors (Lipinski definition) is 2. The fourth-order valence-electron chi connectivity index (χ4n) is 3.92. The van der Waals surface area contributed by atoms with Gasteiger partial charge in [0.2, 0.25) is 0 Å². The van der Waals surface area contributed by atoms with Crippen molar-refractivity contribution in [3.8, 4) is 0 Å². The maximum absolute atomic E-state index is 6.06. The van der Waals surface area contributed by atoms with Crippen LogP contribution < -0.4 is 10.6 Å². The number of nitrogens with one attached hydrogen (secondary N) is 2. The number of benzene rings is 2. The van der Waals surface area contributed by atoms with Gasteiger partial charge in [-0.1, -0.05) is 48.5 Å². The first kappa shape index (κ1) is 23.0. The van der Waals surface area contributed by atoms with Crippen molar-refractivity contribution < 1.29 is 9.47 Å². The third kappa shape index (κ3) is 7.17. The van der Waals surface area contributed by atoms with E-state index in [4.69, 9.17) is 9.47 Å². The van der Waals surface area contributed by atoms with Crippen LogP contribution in [-0.4, -0.2) is 42.1 Å². The predicted octanol–water partition coefficient (Wildman–Crippen LogP) is 3.49. The van der Waals surface area contributed by atoms with Crippen LogP contribution >= 0.6 is 0 Å². The first-order chi connectivity index (χ1) is 16.3. The van der Waals surface area contributed by atoms with Crippen molar-refractivity contribution in [2.45, 2.75) is 45.2 Å². The predicted molar refractivity (Wildman–Crippen MR) is 130 cm³/mol. The number of aromatic nitrogens is 2. The van der Waals surface area contributed by atoms with Gasteiger partial charge in [-0.3, -0.25) is 9.67 Å². The molecule has 0 radical (unpaired) electrons. The number of ether oxygens (including phenoxy) is 2. The van der Waals surface area contributed by atoms with E-state index in [2.05, 4.69) is 69.3 Å². The Kier molecular flexibility index (Phi) is 8.49. The van der Waals surface area contributed by atoms with Crippen molar-refractivity contribution in [3.05, 3.63) is 89.2 Å². The average Bonchev–Trinajstić information content (AvgIpc) is 3.38. The van der Waals surface area contributed by atoms with E-state index in [0.717, 1.165) is 38.6 Å². The molecule has 1 fully saturated rings. The van der Waals surface area contributed by atoms with Gasteiger partial charge in [0.05, 0.1) is 19.3 Å². The summed E-state index contributed by atoms with van der Waals surface area (Å²) < 4.78 is 13.4. The van der Waals surface area contributed by atoms with Crippen molar-refractivity contribution in [1.29, 1.82) is 0 Å². The number of rotatable bonds is 9. The second-order valence-electron chi connectivity index (χ2n) is 8.19. The molecule has 1 aliphatic rings. The van der Waals surface area contributed by atoms with E-state index >= 15 is 0 Å². The third-order valence-electron chi connectivity index (χ3n) is 5.79. The standard InChI is InChI=1S/C26H33N5O2/c1-27-26(29-18-23-8-2-3-9-24(23)19-31-13-5-12-30-31)28-17-21-6-4-7-22(16-21)20-33-25-10-14-32-15-11-25/h2-9,12-13,16,25H,10-11,14-15,17-20H2,1H3,(H2,27,28,29). The highest BCUT2D eigenvalue weighted by atomic mass is 16.5. The molecule has 2 N–H and O–H groups in total. The minimum absolute atomic E-state index is 0.305. The lowest BCUT2D eigenvalue weighted by molar-refractivity contribution is -0.0390. The smallest absolute Gasteiger partial charge is 0.191 e. The van der Waals surface area contributed by atoms with Crippen LogP contribution in [0.5, 0.6) is 0 Å². The summed E-state index contributed by atoms with van der Waals surface area (Å²) in [7, 11) is 1.79. The Labute approximate surface area is 195 Å². The molecule has 1 aromatic heterocycles. The van der Waals surface area contributed by atoms with Crippen LogP contribution in [0.2, 0.25) is 0 Å². The number of nitrogens with zero attached hydrogens (tertiary/aromatic N) is 3. The highest BCUT2D eigenvalue weighted by molar-refractivity contribution is 5.79. The zero-order valence-electron chi connectivity index (χ0n) is 19.2. The van der Waals surface area contributed by atoms with E-state index in [-0.39, 0.29) is 0 Å². The van der Waals surface area contributed by atoms with E-state index in [0.29, 0.717) is 25.8 Å². The summed E-state index contributed by atoms with van der Waals surface area (Å²) in [6.45, 7) is 4.37. The molecule has 7 heteroatoms. The molecule has 0 saturated carbocycles. The molecule has 3 aromatic rings. The Morgan fingerprint density at radius 3 is 2.61 bits per heavy atom. The maximum Gasteiger partial charge on any atom is 0.191 e. The monoisotopic (exact) mass is 447 g/mol. The van der Waals surface area contributed by atoms with E-state index < -0.39 is 0 Å². The summed E-state index contributed by atoms with van der Waals surface area (Å²) in [6.07, 6.45) is 6.05. The molecule has 0 bridgehead atoms. The molecular weight excluding hydrogens is 414 g/mol. The van der Waals surface area contributed by atoms with Gasteiger partial charge >= 0.3 is 0 Å². The summed E-state index contributed by atoms with van der Waals surface area (Å²) >= 11 is 0. The molecule has 1 saturated heterocycles. The highest BCUT2D eigenvalue weighted by Gasteiger charge is 2.14. The van der Waals surface area contributed by atoms with Crippen LogP contribution in [0, 0.1) is 0 Å². The molecule has 0 aliphatic carbocycles. The van der Waals surface area contributed by atoms with Crippen molar-refractivity contribution in [1.82, 2.24) is 20.4 Å². The third-order valence-corrected chi connectivity index (χ3v) is 5.79. The Morgan fingerprint density at radius 1 is 1.03 bits per heavy atom. The molecule has 0 atom stereocenters. The van der Waals surface area contributed by atoms with Gasteiger partial charge in [-0.2, -0.15) is 5.10 Å². The topological polar surface area (TPSA) is 72.7 Å². The Balaban J connectivity index is 1.27. The SMILES string of the molecule is CN=C(NCc1cccc(COC2CCOCC2)c1)NCc1ccccc1Cn1cccn1. The minimum atomic E-state index is 0.305. The molecular formula is C26H33N5O2. The first-order valence-electron chi connectivity index (χ1n) is 11.6. The van der Waals surface area contributed by atoms with Gasteiger partial charge in [0.15, 0.2) is 5.96 Å². The summed E-state index contributed by atoms with van der Waals surface area (Å²) in [5.41, 5.74) is 4.85. The summed E-state index contributed by atoms with van der Waals surface area (Å²) in [4.78, 5) is 4.38. The van der Waals surface area contributed by atoms with Gasteiger partial charge in [-0.15, -0.1) is 0 Å². The van der Waals surface area contributed by atoms with Gasteiger partial charge in [0, 0.05) is 45.7 Å². The second-order valence-corrected chi connectivity index (χ2v) is 8.19. The second kappa shape index (κ2) is 12.2. The van der Waals surface area contributed by atoms with Crippen LogP contribution in [-0.2, 0) is 35.7 Å². The molecule has 7 nitrogen and oxygen atoms in total. The zero-order chi connectivity index (χ0) is 22.7. The highest BCUT2D eigenvalue weighted by Crippen LogP contribution is 2.14. The first-order valence-corrected chi connectivity index (χ1v) is 11.6. The van der Waals surface area contributed by atoms with E-state index in [9.17, 15) is 0 Å². The normalized spacial score (nSPS) is 14.9. The molecule has 2 heterocycles. The molecule has 1 aliphatic heterocycles. The molecule has 4 rings (SSSR count). The van der Waals surface area contributed by atoms with E-state index in [1.807, 2.05) is 16.9 Å². The van der Waals surface area contributed by atoms with Crippen LogP contribution in [0.25, 0.3) is 0 Å². The van der Waals surface area contributed by atoms with Crippen molar-refractivity contribution in [2.75, 3.05) is 20.3 Å². The lowest BCUT2D eigenvalue weighted by atomic mass is 10.1. The lowest BCUT2D eigenvalue weighted by Crippen LogP contribution is -2.36. The summed E-state index contributed by atoms with van der Waals surface area (Å²) in [5.74, 6) is 0.771. The molecule has 0 amide bonds. The van der Waals surface area contributed by atoms with Gasteiger partial charge in [0.25, 0.3) is 0 Å². The van der Waals surface area contributed by atoms with Crippen molar-refractivity contribution >= 4 is 5.96 Å². The van der Waals surface area contributed by atoms with Crippen LogP contribution in [0.1, 0.15) is 35.1 Å². The van der Waals surface area contributed by atoms with Gasteiger partial charge < -0.3 is 20.1 Å². The zero-order valence-corrected chi connectivity index (χ0v) is 19.2. The minimum Gasteiger partial charge on any atom is -0.381 e. The molecule has 2 aromatic carbocycles. The van der Waals surface area contributed by atoms with E-state index in [1.54, 1.807) is 13.2 Å². The Hall–Kier alpha value is -3.16. The summed E-state index contributed by atoms with van der Waals surface area (Å²) in [6, 6.07) is 18.9. The van der Waals surface area contributed by atoms with Crippen LogP contribution in [0.3, 0.4) is 0 Å². The Bertz CT molecular complexity index is 1010. The number of aliphatic imine (C=N–C) groups is 1. The maximum atomic E-state index is 6.06. The molecule has 174 valence electrons. The average molecular weight is 448 g/mol. The summed E-state index contributed by atoms with van der Waals surface area (Å²) in [5, 5.41) is 11.2. The number of guanidine groups is 1. The fraction of sp³-hybridized carbons (Fsp3) is 0.385. The Morgan fingerprint density at radius 2 is 1.82 bits per heavy atom. The molecule has 33 heavy (non-hydrogen) atoms. The van der Waals surface area contributed by atoms with Crippen molar-refractivity contribution in [3.63, 3.8) is 0 Å².